The summed E-state index contributed by atoms with van der Waals surface area (Å²) in [6.45, 7) is -2.75. The number of hydrogen-bond donors (Lipinski definition) is 0. The molecule has 9 heteroatoms. The fourth-order valence-corrected chi connectivity index (χ4v) is 4.23. The average molecular weight is 479 g/mol. The standard InChI is InChI=1S/C21H17BrF2N2O4/c22-13-6-7-14-15(11-13)20(29)26(19(14)28)10-8-17(27)25-9-2-4-12-3-1-5-16(18(12)25)30-21(23)24/h1,3,5-7,11,21H,2,4,8-10H2. The van der Waals surface area contributed by atoms with Crippen LogP contribution in [0.15, 0.2) is 40.9 Å². The number of para-hydroxylation sites is 1. The van der Waals surface area contributed by atoms with Crippen LogP contribution in [0.2, 0.25) is 0 Å². The lowest BCUT2D eigenvalue weighted by molar-refractivity contribution is -0.118. The number of benzene rings is 2. The lowest BCUT2D eigenvalue weighted by atomic mass is 10.0. The third kappa shape index (κ3) is 3.69. The highest BCUT2D eigenvalue weighted by molar-refractivity contribution is 9.10. The van der Waals surface area contributed by atoms with Crippen LogP contribution < -0.4 is 9.64 Å². The van der Waals surface area contributed by atoms with E-state index in [0.29, 0.717) is 35.1 Å². The Kier molecular flexibility index (Phi) is 5.55. The van der Waals surface area contributed by atoms with E-state index in [-0.39, 0.29) is 30.2 Å². The molecule has 0 N–H and O–H groups in total. The lowest BCUT2D eigenvalue weighted by Crippen LogP contribution is -2.39. The normalized spacial score (nSPS) is 15.5. The number of halogens is 3. The number of nitrogens with zero attached hydrogens (tertiary/aromatic N) is 2. The van der Waals surface area contributed by atoms with Crippen molar-refractivity contribution in [3.8, 4) is 5.75 Å². The Balaban J connectivity index is 1.51. The molecule has 0 radical (unpaired) electrons. The van der Waals surface area contributed by atoms with Crippen LogP contribution in [-0.2, 0) is 11.2 Å². The van der Waals surface area contributed by atoms with Gasteiger partial charge in [-0.25, -0.2) is 0 Å². The largest absolute Gasteiger partial charge is 0.433 e. The number of aryl methyl sites for hydroxylation is 1. The molecule has 0 aliphatic carbocycles. The Bertz CT molecular complexity index is 1040. The van der Waals surface area contributed by atoms with Gasteiger partial charge in [0.15, 0.2) is 0 Å². The summed E-state index contributed by atoms with van der Waals surface area (Å²) >= 11 is 3.28. The predicted octanol–water partition coefficient (Wildman–Crippen LogP) is 4.02. The minimum absolute atomic E-state index is 0.0545. The molecule has 2 aliphatic rings. The van der Waals surface area contributed by atoms with Crippen LogP contribution in [0.25, 0.3) is 0 Å². The van der Waals surface area contributed by atoms with E-state index in [1.165, 1.54) is 11.0 Å². The summed E-state index contributed by atoms with van der Waals surface area (Å²) in [5.74, 6) is -1.32. The first-order valence-corrected chi connectivity index (χ1v) is 10.2. The van der Waals surface area contributed by atoms with Crippen molar-refractivity contribution in [1.82, 2.24) is 4.90 Å². The molecule has 0 aromatic heterocycles. The summed E-state index contributed by atoms with van der Waals surface area (Å²) in [5, 5.41) is 0. The summed E-state index contributed by atoms with van der Waals surface area (Å²) < 4.78 is 30.9. The van der Waals surface area contributed by atoms with E-state index in [2.05, 4.69) is 20.7 Å². The van der Waals surface area contributed by atoms with Gasteiger partial charge in [-0.05, 0) is 42.7 Å². The Morgan fingerprint density at radius 3 is 2.67 bits per heavy atom. The summed E-state index contributed by atoms with van der Waals surface area (Å²) in [6.07, 6.45) is 1.21. The smallest absolute Gasteiger partial charge is 0.387 e. The molecule has 0 spiro atoms. The van der Waals surface area contributed by atoms with Gasteiger partial charge < -0.3 is 9.64 Å². The van der Waals surface area contributed by atoms with E-state index in [0.717, 1.165) is 10.5 Å². The fraction of sp³-hybridized carbons (Fsp3) is 0.286. The topological polar surface area (TPSA) is 66.9 Å². The first-order valence-electron chi connectivity index (χ1n) is 9.39. The van der Waals surface area contributed by atoms with E-state index >= 15 is 0 Å². The third-order valence-electron chi connectivity index (χ3n) is 5.18. The maximum atomic E-state index is 12.9. The minimum Gasteiger partial charge on any atom is -0.433 e. The number of amides is 3. The molecule has 0 bridgehead atoms. The van der Waals surface area contributed by atoms with Gasteiger partial charge in [-0.3, -0.25) is 19.3 Å². The van der Waals surface area contributed by atoms with E-state index in [4.69, 9.17) is 0 Å². The van der Waals surface area contributed by atoms with Crippen LogP contribution in [0.3, 0.4) is 0 Å². The van der Waals surface area contributed by atoms with Crippen LogP contribution >= 0.6 is 15.9 Å². The molecule has 0 fully saturated rings. The highest BCUT2D eigenvalue weighted by Gasteiger charge is 2.36. The number of rotatable bonds is 5. The van der Waals surface area contributed by atoms with Gasteiger partial charge in [0.2, 0.25) is 5.91 Å². The Hall–Kier alpha value is -2.81. The van der Waals surface area contributed by atoms with Gasteiger partial charge in [0.1, 0.15) is 5.75 Å². The zero-order chi connectivity index (χ0) is 21.4. The van der Waals surface area contributed by atoms with Crippen LogP contribution in [0, 0.1) is 0 Å². The van der Waals surface area contributed by atoms with Crippen molar-refractivity contribution in [2.75, 3.05) is 18.0 Å². The molecule has 3 amide bonds. The van der Waals surface area contributed by atoms with Crippen molar-refractivity contribution >= 4 is 39.3 Å². The molecule has 2 heterocycles. The van der Waals surface area contributed by atoms with Gasteiger partial charge in [-0.15, -0.1) is 0 Å². The highest BCUT2D eigenvalue weighted by Crippen LogP contribution is 2.37. The molecular formula is C21H17BrF2N2O4. The molecule has 2 aromatic carbocycles. The Labute approximate surface area is 179 Å². The van der Waals surface area contributed by atoms with Gasteiger partial charge in [0.25, 0.3) is 11.8 Å². The maximum Gasteiger partial charge on any atom is 0.387 e. The van der Waals surface area contributed by atoms with Gasteiger partial charge in [0.05, 0.1) is 16.8 Å². The van der Waals surface area contributed by atoms with Crippen LogP contribution in [0.4, 0.5) is 14.5 Å². The van der Waals surface area contributed by atoms with Gasteiger partial charge in [-0.2, -0.15) is 8.78 Å². The summed E-state index contributed by atoms with van der Waals surface area (Å²) in [6, 6.07) is 9.60. The first kappa shape index (κ1) is 20.5. The van der Waals surface area contributed by atoms with E-state index in [9.17, 15) is 23.2 Å². The molecule has 2 aliphatic heterocycles. The SMILES string of the molecule is O=C1c2ccc(Br)cc2C(=O)N1CCC(=O)N1CCCc2cccc(OC(F)F)c21. The highest BCUT2D eigenvalue weighted by atomic mass is 79.9. The number of carbonyl (C=O) groups is 3. The molecule has 0 saturated heterocycles. The van der Waals surface area contributed by atoms with Crippen molar-refractivity contribution in [2.45, 2.75) is 25.9 Å². The monoisotopic (exact) mass is 478 g/mol. The van der Waals surface area contributed by atoms with Crippen LogP contribution in [-0.4, -0.2) is 42.3 Å². The predicted molar refractivity (Wildman–Crippen MR) is 108 cm³/mol. The van der Waals surface area contributed by atoms with E-state index < -0.39 is 18.4 Å². The molecule has 156 valence electrons. The van der Waals surface area contributed by atoms with Crippen molar-refractivity contribution in [3.05, 3.63) is 57.6 Å². The third-order valence-corrected chi connectivity index (χ3v) is 5.67. The molecule has 6 nitrogen and oxygen atoms in total. The fourth-order valence-electron chi connectivity index (χ4n) is 3.86. The van der Waals surface area contributed by atoms with Crippen molar-refractivity contribution < 1.29 is 27.9 Å². The number of alkyl halides is 2. The van der Waals surface area contributed by atoms with Crippen LogP contribution in [0.1, 0.15) is 39.1 Å². The van der Waals surface area contributed by atoms with Gasteiger partial charge in [-0.1, -0.05) is 28.1 Å². The number of fused-ring (bicyclic) bond motifs is 2. The molecule has 0 unspecified atom stereocenters. The average Bonchev–Trinajstić information content (AvgIpc) is 2.95. The molecular weight excluding hydrogens is 462 g/mol. The Morgan fingerprint density at radius 2 is 1.90 bits per heavy atom. The van der Waals surface area contributed by atoms with Gasteiger partial charge >= 0.3 is 6.61 Å². The number of carbonyl (C=O) groups excluding carboxylic acids is 3. The van der Waals surface area contributed by atoms with Crippen molar-refractivity contribution in [1.29, 1.82) is 0 Å². The maximum absolute atomic E-state index is 12.9. The number of anilines is 1. The van der Waals surface area contributed by atoms with E-state index in [1.807, 2.05) is 0 Å². The summed E-state index contributed by atoms with van der Waals surface area (Å²) in [5.41, 5.74) is 1.67. The van der Waals surface area contributed by atoms with Gasteiger partial charge in [0, 0.05) is 24.0 Å². The Morgan fingerprint density at radius 1 is 1.13 bits per heavy atom. The van der Waals surface area contributed by atoms with Crippen molar-refractivity contribution in [2.24, 2.45) is 0 Å². The quantitative estimate of drug-likeness (QED) is 0.608. The zero-order valence-corrected chi connectivity index (χ0v) is 17.3. The number of ether oxygens (including phenoxy) is 1. The summed E-state index contributed by atoms with van der Waals surface area (Å²) in [4.78, 5) is 40.5. The summed E-state index contributed by atoms with van der Waals surface area (Å²) in [7, 11) is 0. The van der Waals surface area contributed by atoms with E-state index in [1.54, 1.807) is 30.3 Å². The van der Waals surface area contributed by atoms with Crippen molar-refractivity contribution in [3.63, 3.8) is 0 Å². The zero-order valence-electron chi connectivity index (χ0n) is 15.7. The second-order valence-corrected chi connectivity index (χ2v) is 7.91. The van der Waals surface area contributed by atoms with Crippen LogP contribution in [0.5, 0.6) is 5.75 Å². The minimum atomic E-state index is -3.01. The first-order chi connectivity index (χ1) is 14.4. The molecule has 0 atom stereocenters. The molecule has 0 saturated carbocycles. The second-order valence-electron chi connectivity index (χ2n) is 6.99. The molecule has 2 aromatic rings. The molecule has 30 heavy (non-hydrogen) atoms. The number of imide groups is 1. The molecule has 4 rings (SSSR count). The second kappa shape index (κ2) is 8.14. The lowest BCUT2D eigenvalue weighted by Gasteiger charge is -2.31. The number of hydrogen-bond acceptors (Lipinski definition) is 4.